The number of carbonyl (C=O) groups excluding carboxylic acids is 2. The van der Waals surface area contributed by atoms with Crippen LogP contribution in [0.15, 0.2) is 47.6 Å². The standard InChI is InChI=1S/C18H19N3O4/c1-12-4-7-14(8-5-12)20-17(22)18(23)21-19-11-13-6-9-15(24-2)16(10-13)25-3/h4-11H,1-3H3,(H,20,22)(H,21,23). The summed E-state index contributed by atoms with van der Waals surface area (Å²) >= 11 is 0. The summed E-state index contributed by atoms with van der Waals surface area (Å²) in [6.07, 6.45) is 1.40. The first-order valence-electron chi connectivity index (χ1n) is 7.46. The number of anilines is 1. The second-order valence-corrected chi connectivity index (χ2v) is 5.13. The number of hydrogen-bond donors (Lipinski definition) is 2. The topological polar surface area (TPSA) is 89.0 Å². The molecular formula is C18H19N3O4. The van der Waals surface area contributed by atoms with Crippen LogP contribution in [-0.2, 0) is 9.59 Å². The lowest BCUT2D eigenvalue weighted by atomic mass is 10.2. The maximum absolute atomic E-state index is 11.8. The fourth-order valence-electron chi connectivity index (χ4n) is 1.97. The summed E-state index contributed by atoms with van der Waals surface area (Å²) in [7, 11) is 3.06. The van der Waals surface area contributed by atoms with Crippen molar-refractivity contribution in [2.24, 2.45) is 5.10 Å². The fourth-order valence-corrected chi connectivity index (χ4v) is 1.97. The van der Waals surface area contributed by atoms with Crippen LogP contribution in [0.3, 0.4) is 0 Å². The van der Waals surface area contributed by atoms with Gasteiger partial charge in [0.25, 0.3) is 0 Å². The van der Waals surface area contributed by atoms with E-state index in [1.165, 1.54) is 13.3 Å². The van der Waals surface area contributed by atoms with Gasteiger partial charge in [0.15, 0.2) is 11.5 Å². The van der Waals surface area contributed by atoms with E-state index in [9.17, 15) is 9.59 Å². The van der Waals surface area contributed by atoms with E-state index in [0.29, 0.717) is 22.7 Å². The monoisotopic (exact) mass is 341 g/mol. The third kappa shape index (κ3) is 5.07. The summed E-state index contributed by atoms with van der Waals surface area (Å²) < 4.78 is 10.3. The van der Waals surface area contributed by atoms with E-state index >= 15 is 0 Å². The van der Waals surface area contributed by atoms with Crippen molar-refractivity contribution in [2.75, 3.05) is 19.5 Å². The van der Waals surface area contributed by atoms with Gasteiger partial charge in [-0.3, -0.25) is 9.59 Å². The number of hydrazone groups is 1. The van der Waals surface area contributed by atoms with Gasteiger partial charge in [0.1, 0.15) is 0 Å². The second-order valence-electron chi connectivity index (χ2n) is 5.13. The Labute approximate surface area is 145 Å². The van der Waals surface area contributed by atoms with Crippen LogP contribution in [0, 0.1) is 6.92 Å². The van der Waals surface area contributed by atoms with Crippen LogP contribution in [0.2, 0.25) is 0 Å². The summed E-state index contributed by atoms with van der Waals surface area (Å²) in [6.45, 7) is 1.93. The van der Waals surface area contributed by atoms with E-state index < -0.39 is 11.8 Å². The molecule has 0 aromatic heterocycles. The zero-order valence-corrected chi connectivity index (χ0v) is 14.2. The zero-order valence-electron chi connectivity index (χ0n) is 14.2. The normalized spacial score (nSPS) is 10.4. The summed E-state index contributed by atoms with van der Waals surface area (Å²) in [5.74, 6) is -0.540. The average molecular weight is 341 g/mol. The lowest BCUT2D eigenvalue weighted by molar-refractivity contribution is -0.136. The molecule has 0 spiro atoms. The Morgan fingerprint density at radius 2 is 1.64 bits per heavy atom. The number of methoxy groups -OCH3 is 2. The van der Waals surface area contributed by atoms with Gasteiger partial charge in [0.05, 0.1) is 20.4 Å². The van der Waals surface area contributed by atoms with Gasteiger partial charge in [-0.25, -0.2) is 5.43 Å². The van der Waals surface area contributed by atoms with Gasteiger partial charge in [0.2, 0.25) is 0 Å². The van der Waals surface area contributed by atoms with Crippen molar-refractivity contribution in [2.45, 2.75) is 6.92 Å². The highest BCUT2D eigenvalue weighted by molar-refractivity contribution is 6.39. The number of nitrogens with zero attached hydrogens (tertiary/aromatic N) is 1. The first kappa shape index (κ1) is 18.0. The quantitative estimate of drug-likeness (QED) is 0.495. The van der Waals surface area contributed by atoms with Crippen molar-refractivity contribution in [1.82, 2.24) is 5.43 Å². The number of nitrogens with one attached hydrogen (secondary N) is 2. The lowest BCUT2D eigenvalue weighted by Gasteiger charge is -2.07. The zero-order chi connectivity index (χ0) is 18.2. The molecule has 0 heterocycles. The largest absolute Gasteiger partial charge is 0.493 e. The molecule has 0 atom stereocenters. The van der Waals surface area contributed by atoms with Crippen LogP contribution in [-0.4, -0.2) is 32.2 Å². The average Bonchev–Trinajstić information content (AvgIpc) is 2.63. The smallest absolute Gasteiger partial charge is 0.329 e. The molecule has 0 bridgehead atoms. The maximum Gasteiger partial charge on any atom is 0.329 e. The summed E-state index contributed by atoms with van der Waals surface area (Å²) in [4.78, 5) is 23.5. The van der Waals surface area contributed by atoms with Crippen molar-refractivity contribution in [3.05, 3.63) is 53.6 Å². The fraction of sp³-hybridized carbons (Fsp3) is 0.167. The van der Waals surface area contributed by atoms with Gasteiger partial charge in [-0.05, 0) is 42.8 Å². The van der Waals surface area contributed by atoms with Crippen LogP contribution in [0.4, 0.5) is 5.69 Å². The predicted molar refractivity (Wildman–Crippen MR) is 95.1 cm³/mol. The number of benzene rings is 2. The van der Waals surface area contributed by atoms with Crippen LogP contribution < -0.4 is 20.2 Å². The van der Waals surface area contributed by atoms with E-state index in [-0.39, 0.29) is 0 Å². The maximum atomic E-state index is 11.8. The predicted octanol–water partition coefficient (Wildman–Crippen LogP) is 2.10. The van der Waals surface area contributed by atoms with Gasteiger partial charge in [-0.1, -0.05) is 17.7 Å². The van der Waals surface area contributed by atoms with Gasteiger partial charge < -0.3 is 14.8 Å². The molecule has 0 fully saturated rings. The Morgan fingerprint density at radius 3 is 2.28 bits per heavy atom. The third-order valence-electron chi connectivity index (χ3n) is 3.30. The first-order chi connectivity index (χ1) is 12.0. The van der Waals surface area contributed by atoms with Crippen LogP contribution in [0.1, 0.15) is 11.1 Å². The highest BCUT2D eigenvalue weighted by atomic mass is 16.5. The van der Waals surface area contributed by atoms with E-state index in [4.69, 9.17) is 9.47 Å². The minimum absolute atomic E-state index is 0.537. The third-order valence-corrected chi connectivity index (χ3v) is 3.30. The van der Waals surface area contributed by atoms with Gasteiger partial charge >= 0.3 is 11.8 Å². The molecule has 0 aliphatic heterocycles. The van der Waals surface area contributed by atoms with Crippen molar-refractivity contribution >= 4 is 23.7 Å². The highest BCUT2D eigenvalue weighted by Crippen LogP contribution is 2.26. The van der Waals surface area contributed by atoms with Crippen molar-refractivity contribution < 1.29 is 19.1 Å². The molecule has 2 N–H and O–H groups in total. The number of ether oxygens (including phenoxy) is 2. The number of amides is 2. The molecule has 130 valence electrons. The summed E-state index contributed by atoms with van der Waals surface area (Å²) in [6, 6.07) is 12.3. The van der Waals surface area contributed by atoms with Crippen molar-refractivity contribution in [1.29, 1.82) is 0 Å². The van der Waals surface area contributed by atoms with E-state index in [1.807, 2.05) is 19.1 Å². The van der Waals surface area contributed by atoms with E-state index in [0.717, 1.165) is 5.56 Å². The minimum atomic E-state index is -0.864. The number of hydrogen-bond acceptors (Lipinski definition) is 5. The molecule has 0 aliphatic carbocycles. The Morgan fingerprint density at radius 1 is 0.960 bits per heavy atom. The molecule has 2 aromatic carbocycles. The Kier molecular flexibility index (Phi) is 6.11. The minimum Gasteiger partial charge on any atom is -0.493 e. The van der Waals surface area contributed by atoms with Gasteiger partial charge in [0, 0.05) is 5.69 Å². The van der Waals surface area contributed by atoms with Crippen LogP contribution >= 0.6 is 0 Å². The Bertz CT molecular complexity index is 785. The second kappa shape index (κ2) is 8.49. The molecule has 2 aromatic rings. The van der Waals surface area contributed by atoms with Gasteiger partial charge in [-0.15, -0.1) is 0 Å². The van der Waals surface area contributed by atoms with Crippen molar-refractivity contribution in [3.8, 4) is 11.5 Å². The Hall–Kier alpha value is -3.35. The molecule has 0 aliphatic rings. The van der Waals surface area contributed by atoms with Crippen molar-refractivity contribution in [3.63, 3.8) is 0 Å². The number of aryl methyl sites for hydroxylation is 1. The summed E-state index contributed by atoms with van der Waals surface area (Å²) in [5.41, 5.74) is 4.45. The molecule has 0 radical (unpaired) electrons. The number of rotatable bonds is 5. The molecule has 7 nitrogen and oxygen atoms in total. The molecule has 25 heavy (non-hydrogen) atoms. The first-order valence-corrected chi connectivity index (χ1v) is 7.46. The van der Waals surface area contributed by atoms with Gasteiger partial charge in [-0.2, -0.15) is 5.10 Å². The number of carbonyl (C=O) groups is 2. The molecule has 7 heteroatoms. The van der Waals surface area contributed by atoms with E-state index in [1.54, 1.807) is 37.4 Å². The molecule has 0 saturated carbocycles. The molecular weight excluding hydrogens is 322 g/mol. The molecule has 0 saturated heterocycles. The highest BCUT2D eigenvalue weighted by Gasteiger charge is 2.12. The molecule has 0 unspecified atom stereocenters. The lowest BCUT2D eigenvalue weighted by Crippen LogP contribution is -2.32. The Balaban J connectivity index is 1.93. The molecule has 2 amide bonds. The SMILES string of the molecule is COc1ccc(C=NNC(=O)C(=O)Nc2ccc(C)cc2)cc1OC. The van der Waals surface area contributed by atoms with E-state index in [2.05, 4.69) is 15.8 Å². The van der Waals surface area contributed by atoms with Crippen LogP contribution in [0.5, 0.6) is 11.5 Å². The van der Waals surface area contributed by atoms with Crippen LogP contribution in [0.25, 0.3) is 0 Å². The molecule has 2 rings (SSSR count). The summed E-state index contributed by atoms with van der Waals surface area (Å²) in [5, 5.41) is 6.26.